The molecule has 0 spiro atoms. The Morgan fingerprint density at radius 3 is 2.92 bits per heavy atom. The Kier molecular flexibility index (Phi) is 4.08. The number of carbonyl (C=O) groups is 1. The Bertz CT molecular complexity index is 1170. The van der Waals surface area contributed by atoms with E-state index in [2.05, 4.69) is 28.7 Å². The van der Waals surface area contributed by atoms with Gasteiger partial charge in [0.15, 0.2) is 4.96 Å². The van der Waals surface area contributed by atoms with Gasteiger partial charge < -0.3 is 9.88 Å². The van der Waals surface area contributed by atoms with E-state index in [1.807, 2.05) is 30.5 Å². The maximum Gasteiger partial charge on any atom is 0.271 e. The normalized spacial score (nSPS) is 11.5. The molecule has 4 aromatic rings. The number of nitrogens with zero attached hydrogens (tertiary/aromatic N) is 3. The minimum Gasteiger partial charge on any atom is -0.347 e. The van der Waals surface area contributed by atoms with Gasteiger partial charge >= 0.3 is 0 Å². The highest BCUT2D eigenvalue weighted by atomic mass is 32.1. The molecule has 0 atom stereocenters. The summed E-state index contributed by atoms with van der Waals surface area (Å²) in [6.45, 7) is 5.23. The molecule has 4 rings (SSSR count). The largest absolute Gasteiger partial charge is 0.347 e. The number of aromatic nitrogens is 3. The molecule has 1 N–H and O–H groups in total. The van der Waals surface area contributed by atoms with E-state index in [0.717, 1.165) is 17.4 Å². The molecular weight excluding hydrogens is 348 g/mol. The molecule has 26 heavy (non-hydrogen) atoms. The van der Waals surface area contributed by atoms with Crippen LogP contribution in [-0.2, 0) is 6.54 Å². The summed E-state index contributed by atoms with van der Waals surface area (Å²) < 4.78 is 3.56. The fraction of sp³-hybridized carbons (Fsp3) is 0.211. The van der Waals surface area contributed by atoms with Crippen molar-refractivity contribution in [2.75, 3.05) is 5.32 Å². The van der Waals surface area contributed by atoms with Gasteiger partial charge in [-0.2, -0.15) is 0 Å². The number of benzene rings is 1. The van der Waals surface area contributed by atoms with Gasteiger partial charge in [0.25, 0.3) is 11.5 Å². The Hall–Kier alpha value is -2.93. The molecule has 0 aliphatic rings. The summed E-state index contributed by atoms with van der Waals surface area (Å²) in [5.41, 5.74) is 1.40. The summed E-state index contributed by atoms with van der Waals surface area (Å²) in [5, 5.41) is 5.58. The molecule has 3 aromatic heterocycles. The van der Waals surface area contributed by atoms with Gasteiger partial charge in [0.05, 0.1) is 11.2 Å². The highest BCUT2D eigenvalue weighted by molar-refractivity contribution is 7.15. The molecule has 0 radical (unpaired) electrons. The van der Waals surface area contributed by atoms with Crippen LogP contribution in [0.3, 0.4) is 0 Å². The van der Waals surface area contributed by atoms with Gasteiger partial charge in [-0.15, -0.1) is 11.3 Å². The first-order valence-corrected chi connectivity index (χ1v) is 9.26. The number of rotatable bonds is 4. The maximum absolute atomic E-state index is 12.7. The number of carbonyl (C=O) groups excluding carboxylic acids is 1. The minimum atomic E-state index is -0.452. The van der Waals surface area contributed by atoms with Gasteiger partial charge in [0.2, 0.25) is 0 Å². The second kappa shape index (κ2) is 6.42. The lowest BCUT2D eigenvalue weighted by Crippen LogP contribution is -2.25. The fourth-order valence-electron chi connectivity index (χ4n) is 3.06. The molecule has 1 aromatic carbocycles. The Balaban J connectivity index is 1.70. The lowest BCUT2D eigenvalue weighted by molar-refractivity contribution is 0.102. The third-order valence-electron chi connectivity index (χ3n) is 4.21. The average molecular weight is 366 g/mol. The number of thiazole rings is 1. The van der Waals surface area contributed by atoms with Crippen molar-refractivity contribution in [1.82, 2.24) is 14.0 Å². The summed E-state index contributed by atoms with van der Waals surface area (Å²) in [6.07, 6.45) is 4.99. The molecule has 0 aliphatic heterocycles. The lowest BCUT2D eigenvalue weighted by atomic mass is 10.2. The third kappa shape index (κ3) is 2.80. The summed E-state index contributed by atoms with van der Waals surface area (Å²) in [6, 6.07) is 7.76. The standard InChI is InChI=1S/C19H18N4O2S/c1-12(2)11-22-7-6-13-15(4-3-5-16(13)22)21-17(24)14-10-20-19-23(18(14)25)8-9-26-19/h3-10,12H,11H2,1-2H3,(H,21,24). The van der Waals surface area contributed by atoms with Crippen molar-refractivity contribution in [3.8, 4) is 0 Å². The zero-order valence-corrected chi connectivity index (χ0v) is 15.3. The molecule has 1 amide bonds. The van der Waals surface area contributed by atoms with Crippen molar-refractivity contribution in [2.24, 2.45) is 5.92 Å². The van der Waals surface area contributed by atoms with E-state index in [1.54, 1.807) is 11.6 Å². The van der Waals surface area contributed by atoms with Crippen LogP contribution in [0.2, 0.25) is 0 Å². The molecule has 0 fully saturated rings. The molecule has 6 nitrogen and oxygen atoms in total. The van der Waals surface area contributed by atoms with Gasteiger partial charge in [0.1, 0.15) is 5.56 Å². The monoisotopic (exact) mass is 366 g/mol. The molecule has 0 unspecified atom stereocenters. The topological polar surface area (TPSA) is 68.4 Å². The highest BCUT2D eigenvalue weighted by Crippen LogP contribution is 2.25. The Morgan fingerprint density at radius 1 is 1.27 bits per heavy atom. The number of hydrogen-bond donors (Lipinski definition) is 1. The molecule has 7 heteroatoms. The van der Waals surface area contributed by atoms with E-state index >= 15 is 0 Å². The molecule has 3 heterocycles. The predicted octanol–water partition coefficient (Wildman–Crippen LogP) is 3.62. The van der Waals surface area contributed by atoms with Crippen molar-refractivity contribution in [3.05, 3.63) is 64.2 Å². The number of amides is 1. The van der Waals surface area contributed by atoms with Crippen molar-refractivity contribution in [1.29, 1.82) is 0 Å². The van der Waals surface area contributed by atoms with Crippen molar-refractivity contribution >= 4 is 38.8 Å². The maximum atomic E-state index is 12.7. The quantitative estimate of drug-likeness (QED) is 0.600. The van der Waals surface area contributed by atoms with E-state index in [0.29, 0.717) is 16.6 Å². The zero-order valence-electron chi connectivity index (χ0n) is 14.5. The van der Waals surface area contributed by atoms with Gasteiger partial charge in [0, 0.05) is 35.9 Å². The van der Waals surface area contributed by atoms with Gasteiger partial charge in [-0.1, -0.05) is 19.9 Å². The van der Waals surface area contributed by atoms with Crippen LogP contribution in [0.1, 0.15) is 24.2 Å². The predicted molar refractivity (Wildman–Crippen MR) is 104 cm³/mol. The summed E-state index contributed by atoms with van der Waals surface area (Å²) in [5.74, 6) is 0.0690. The Morgan fingerprint density at radius 2 is 2.12 bits per heavy atom. The summed E-state index contributed by atoms with van der Waals surface area (Å²) in [4.78, 5) is 29.9. The van der Waals surface area contributed by atoms with Crippen LogP contribution in [0.25, 0.3) is 15.9 Å². The van der Waals surface area contributed by atoms with Crippen LogP contribution in [0.5, 0.6) is 0 Å². The van der Waals surface area contributed by atoms with Crippen molar-refractivity contribution in [3.63, 3.8) is 0 Å². The van der Waals surface area contributed by atoms with Crippen LogP contribution >= 0.6 is 11.3 Å². The van der Waals surface area contributed by atoms with Crippen molar-refractivity contribution in [2.45, 2.75) is 20.4 Å². The smallest absolute Gasteiger partial charge is 0.271 e. The molecule has 132 valence electrons. The summed E-state index contributed by atoms with van der Waals surface area (Å²) >= 11 is 1.35. The van der Waals surface area contributed by atoms with Gasteiger partial charge in [-0.3, -0.25) is 14.0 Å². The first-order chi connectivity index (χ1) is 12.5. The number of anilines is 1. The SMILES string of the molecule is CC(C)Cn1ccc2c(NC(=O)c3cnc4sccn4c3=O)cccc21. The van der Waals surface area contributed by atoms with E-state index in [9.17, 15) is 9.59 Å². The average Bonchev–Trinajstić information content (AvgIpc) is 3.23. The second-order valence-corrected chi connectivity index (χ2v) is 7.46. The van der Waals surface area contributed by atoms with Gasteiger partial charge in [-0.25, -0.2) is 4.98 Å². The first kappa shape index (κ1) is 16.5. The zero-order chi connectivity index (χ0) is 18.3. The molecule has 0 saturated carbocycles. The van der Waals surface area contributed by atoms with E-state index in [1.165, 1.54) is 21.9 Å². The van der Waals surface area contributed by atoms with Crippen LogP contribution in [0.15, 0.2) is 53.0 Å². The molecule has 0 bridgehead atoms. The minimum absolute atomic E-state index is 0.0273. The van der Waals surface area contributed by atoms with E-state index in [4.69, 9.17) is 0 Å². The first-order valence-electron chi connectivity index (χ1n) is 8.38. The van der Waals surface area contributed by atoms with Crippen LogP contribution in [0.4, 0.5) is 5.69 Å². The molecule has 0 saturated heterocycles. The van der Waals surface area contributed by atoms with Crippen molar-refractivity contribution < 1.29 is 4.79 Å². The molecule has 0 aliphatic carbocycles. The van der Waals surface area contributed by atoms with Gasteiger partial charge in [-0.05, 0) is 24.1 Å². The fourth-order valence-corrected chi connectivity index (χ4v) is 3.73. The lowest BCUT2D eigenvalue weighted by Gasteiger charge is -2.10. The Labute approximate surface area is 153 Å². The number of hydrogen-bond acceptors (Lipinski definition) is 4. The number of nitrogens with one attached hydrogen (secondary N) is 1. The third-order valence-corrected chi connectivity index (χ3v) is 4.98. The second-order valence-electron chi connectivity index (χ2n) is 6.59. The highest BCUT2D eigenvalue weighted by Gasteiger charge is 2.16. The summed E-state index contributed by atoms with van der Waals surface area (Å²) in [7, 11) is 0. The van der Waals surface area contributed by atoms with E-state index in [-0.39, 0.29) is 11.1 Å². The number of fused-ring (bicyclic) bond motifs is 2. The van der Waals surface area contributed by atoms with Crippen LogP contribution in [0, 0.1) is 5.92 Å². The molecular formula is C19H18N4O2S. The van der Waals surface area contributed by atoms with E-state index < -0.39 is 5.91 Å². The van der Waals surface area contributed by atoms with Crippen LogP contribution in [-0.4, -0.2) is 19.9 Å². The van der Waals surface area contributed by atoms with Crippen LogP contribution < -0.4 is 10.9 Å².